The van der Waals surface area contributed by atoms with Gasteiger partial charge in [0.2, 0.25) is 10.0 Å². The van der Waals surface area contributed by atoms with Crippen molar-refractivity contribution in [2.24, 2.45) is 0 Å². The van der Waals surface area contributed by atoms with E-state index in [0.717, 1.165) is 67.1 Å². The first-order valence-electron chi connectivity index (χ1n) is 16.0. The van der Waals surface area contributed by atoms with E-state index >= 15 is 0 Å². The van der Waals surface area contributed by atoms with Crippen LogP contribution in [0.3, 0.4) is 0 Å². The summed E-state index contributed by atoms with van der Waals surface area (Å²) in [5, 5.41) is 0. The summed E-state index contributed by atoms with van der Waals surface area (Å²) in [4.78, 5) is 29.4. The maximum atomic E-state index is 13.9. The highest BCUT2D eigenvalue weighted by Crippen LogP contribution is 2.29. The minimum atomic E-state index is -4.02. The molecule has 10 heteroatoms. The van der Waals surface area contributed by atoms with Gasteiger partial charge in [-0.2, -0.15) is 4.31 Å². The standard InChI is InChI=1S/C39H35N5O4S/c1-25(2)48-39(45)24-44(49(46,47)36-15-7-26(3)8-16-36)23-27-5-4-6-28(17-27)37-21-35-20-33-12-11-31(41-33)18-29-9-10-30(40-29)19-32-13-14-34(42-32)22-38(37)43-35/h4-22,25,41,43H,23-24H2,1-3H3. The SMILES string of the molecule is Cc1ccc(S(=O)(=O)N(CC(=O)OC(C)C)Cc2cccc(-c3cc4cc5ccc(cc6nc(cc7nc(cc3[nH]4)C=C7)C=C6)[nH]5)c2)cc1. The van der Waals surface area contributed by atoms with Crippen LogP contribution in [0.2, 0.25) is 0 Å². The van der Waals surface area contributed by atoms with Crippen LogP contribution in [0.15, 0.2) is 95.9 Å². The predicted molar refractivity (Wildman–Crippen MR) is 194 cm³/mol. The Hall–Kier alpha value is -5.58. The summed E-state index contributed by atoms with van der Waals surface area (Å²) in [6.45, 7) is 4.92. The van der Waals surface area contributed by atoms with Crippen LogP contribution >= 0.6 is 0 Å². The van der Waals surface area contributed by atoms with Gasteiger partial charge in [0.05, 0.1) is 33.8 Å². The van der Waals surface area contributed by atoms with Crippen molar-refractivity contribution in [3.63, 3.8) is 0 Å². The lowest BCUT2D eigenvalue weighted by Gasteiger charge is -2.22. The molecular formula is C39H35N5O4S. The second-order valence-corrected chi connectivity index (χ2v) is 14.4. The first kappa shape index (κ1) is 32.0. The number of rotatable bonds is 8. The molecule has 0 fully saturated rings. The highest BCUT2D eigenvalue weighted by Gasteiger charge is 2.28. The van der Waals surface area contributed by atoms with E-state index in [1.165, 1.54) is 4.31 Å². The largest absolute Gasteiger partial charge is 0.462 e. The minimum Gasteiger partial charge on any atom is -0.462 e. The number of H-pyrrole nitrogens is 2. The Morgan fingerprint density at radius 1 is 0.755 bits per heavy atom. The molecule has 0 aliphatic carbocycles. The molecule has 5 heterocycles. The Bertz CT molecular complexity index is 2400. The molecule has 5 aromatic rings. The first-order valence-corrected chi connectivity index (χ1v) is 17.5. The number of aromatic nitrogens is 4. The zero-order valence-corrected chi connectivity index (χ0v) is 28.2. The summed E-state index contributed by atoms with van der Waals surface area (Å²) < 4.78 is 34.2. The average molecular weight is 670 g/mol. The van der Waals surface area contributed by atoms with Crippen molar-refractivity contribution >= 4 is 62.4 Å². The lowest BCUT2D eigenvalue weighted by Crippen LogP contribution is -2.36. The van der Waals surface area contributed by atoms with E-state index in [-0.39, 0.29) is 17.5 Å². The number of sulfonamides is 1. The number of fused-ring (bicyclic) bond motifs is 8. The number of benzene rings is 2. The minimum absolute atomic E-state index is 0.0254. The molecule has 0 saturated heterocycles. The van der Waals surface area contributed by atoms with Crippen LogP contribution in [0.1, 0.15) is 47.8 Å². The summed E-state index contributed by atoms with van der Waals surface area (Å²) >= 11 is 0. The second kappa shape index (κ2) is 13.1. The fourth-order valence-electron chi connectivity index (χ4n) is 5.83. The number of carbonyl (C=O) groups excluding carboxylic acids is 1. The quantitative estimate of drug-likeness (QED) is 0.160. The molecule has 8 bridgehead atoms. The number of aryl methyl sites for hydroxylation is 1. The number of aromatic amines is 2. The van der Waals surface area contributed by atoms with Gasteiger partial charge < -0.3 is 14.7 Å². The Morgan fingerprint density at radius 2 is 1.41 bits per heavy atom. The van der Waals surface area contributed by atoms with E-state index in [0.29, 0.717) is 0 Å². The normalized spacial score (nSPS) is 12.6. The van der Waals surface area contributed by atoms with Crippen LogP contribution in [0.5, 0.6) is 0 Å². The number of esters is 1. The molecule has 0 amide bonds. The number of hydrogen-bond donors (Lipinski definition) is 2. The van der Waals surface area contributed by atoms with Gasteiger partial charge in [0.15, 0.2) is 0 Å². The summed E-state index contributed by atoms with van der Waals surface area (Å²) in [5.74, 6) is -0.613. The van der Waals surface area contributed by atoms with Gasteiger partial charge in [0.25, 0.3) is 0 Å². The zero-order valence-electron chi connectivity index (χ0n) is 27.3. The van der Waals surface area contributed by atoms with E-state index in [1.807, 2.05) is 91.9 Å². The van der Waals surface area contributed by atoms with Crippen molar-refractivity contribution in [1.82, 2.24) is 24.2 Å². The average Bonchev–Trinajstić information content (AvgIpc) is 3.87. The third-order valence-electron chi connectivity index (χ3n) is 8.10. The summed E-state index contributed by atoms with van der Waals surface area (Å²) in [7, 11) is -4.02. The maximum absolute atomic E-state index is 13.9. The van der Waals surface area contributed by atoms with Crippen LogP contribution in [0, 0.1) is 6.92 Å². The van der Waals surface area contributed by atoms with Crippen molar-refractivity contribution in [1.29, 1.82) is 0 Å². The van der Waals surface area contributed by atoms with Crippen molar-refractivity contribution < 1.29 is 17.9 Å². The van der Waals surface area contributed by atoms with E-state index in [1.54, 1.807) is 38.1 Å². The number of nitrogens with zero attached hydrogens (tertiary/aromatic N) is 3. The molecule has 49 heavy (non-hydrogen) atoms. The molecule has 0 saturated carbocycles. The molecule has 0 unspecified atom stereocenters. The molecule has 2 aliphatic rings. The molecule has 246 valence electrons. The van der Waals surface area contributed by atoms with Crippen LogP contribution in [0.25, 0.3) is 57.5 Å². The fourth-order valence-corrected chi connectivity index (χ4v) is 7.20. The Labute approximate surface area is 284 Å². The topological polar surface area (TPSA) is 121 Å². The molecule has 2 N–H and O–H groups in total. The van der Waals surface area contributed by atoms with Gasteiger partial charge in [-0.3, -0.25) is 4.79 Å². The summed E-state index contributed by atoms with van der Waals surface area (Å²) in [6, 6.07) is 28.4. The van der Waals surface area contributed by atoms with Crippen molar-refractivity contribution in [2.75, 3.05) is 6.54 Å². The molecule has 9 nitrogen and oxygen atoms in total. The summed E-state index contributed by atoms with van der Waals surface area (Å²) in [6.07, 6.45) is 7.51. The van der Waals surface area contributed by atoms with E-state index < -0.39 is 22.5 Å². The number of nitrogens with one attached hydrogen (secondary N) is 2. The molecular weight excluding hydrogens is 635 g/mol. The highest BCUT2D eigenvalue weighted by molar-refractivity contribution is 7.89. The first-order chi connectivity index (χ1) is 23.6. The Morgan fingerprint density at radius 3 is 2.10 bits per heavy atom. The number of carbonyl (C=O) groups is 1. The molecule has 2 aromatic carbocycles. The van der Waals surface area contributed by atoms with Gasteiger partial charge >= 0.3 is 5.97 Å². The van der Waals surface area contributed by atoms with Crippen LogP contribution in [-0.4, -0.2) is 51.3 Å². The van der Waals surface area contributed by atoms with Gasteiger partial charge in [-0.15, -0.1) is 0 Å². The predicted octanol–water partition coefficient (Wildman–Crippen LogP) is 7.77. The van der Waals surface area contributed by atoms with Gasteiger partial charge in [0.1, 0.15) is 6.54 Å². The zero-order chi connectivity index (χ0) is 34.1. The smallest absolute Gasteiger partial charge is 0.321 e. The number of hydrogen-bond acceptors (Lipinski definition) is 6. The maximum Gasteiger partial charge on any atom is 0.321 e. The molecule has 0 radical (unpaired) electrons. The third kappa shape index (κ3) is 7.30. The monoisotopic (exact) mass is 669 g/mol. The lowest BCUT2D eigenvalue weighted by atomic mass is 10.0. The van der Waals surface area contributed by atoms with Crippen LogP contribution in [0.4, 0.5) is 0 Å². The molecule has 0 atom stereocenters. The van der Waals surface area contributed by atoms with Crippen LogP contribution in [-0.2, 0) is 26.1 Å². The van der Waals surface area contributed by atoms with Gasteiger partial charge in [0, 0.05) is 34.2 Å². The Balaban J connectivity index is 1.31. The van der Waals surface area contributed by atoms with Crippen molar-refractivity contribution in [3.05, 3.63) is 125 Å². The van der Waals surface area contributed by atoms with E-state index in [4.69, 9.17) is 14.7 Å². The van der Waals surface area contributed by atoms with Gasteiger partial charge in [-0.1, -0.05) is 35.9 Å². The van der Waals surface area contributed by atoms with Gasteiger partial charge in [-0.05, 0) is 117 Å². The lowest BCUT2D eigenvalue weighted by molar-refractivity contribution is -0.147. The number of ether oxygens (including phenoxy) is 1. The van der Waals surface area contributed by atoms with E-state index in [2.05, 4.69) is 16.0 Å². The molecule has 0 spiro atoms. The molecule has 7 rings (SSSR count). The van der Waals surface area contributed by atoms with Crippen molar-refractivity contribution in [2.45, 2.75) is 38.3 Å². The fraction of sp³-hybridized carbons (Fsp3) is 0.154. The molecule has 3 aromatic heterocycles. The van der Waals surface area contributed by atoms with Crippen molar-refractivity contribution in [3.8, 4) is 11.1 Å². The van der Waals surface area contributed by atoms with Crippen LogP contribution < -0.4 is 0 Å². The summed E-state index contributed by atoms with van der Waals surface area (Å²) in [5.41, 5.74) is 10.3. The van der Waals surface area contributed by atoms with Gasteiger partial charge in [-0.25, -0.2) is 18.4 Å². The molecule has 2 aliphatic heterocycles. The highest BCUT2D eigenvalue weighted by atomic mass is 32.2. The second-order valence-electron chi connectivity index (χ2n) is 12.4. The Kier molecular flexibility index (Phi) is 8.58. The van der Waals surface area contributed by atoms with E-state index in [9.17, 15) is 13.2 Å². The third-order valence-corrected chi connectivity index (χ3v) is 9.90.